The van der Waals surface area contributed by atoms with Crippen molar-refractivity contribution in [2.24, 2.45) is 0 Å². The van der Waals surface area contributed by atoms with Crippen molar-refractivity contribution in [3.8, 4) is 0 Å². The van der Waals surface area contributed by atoms with Gasteiger partial charge >= 0.3 is 0 Å². The Morgan fingerprint density at radius 1 is 1.50 bits per heavy atom. The highest BCUT2D eigenvalue weighted by Gasteiger charge is 2.28. The van der Waals surface area contributed by atoms with Gasteiger partial charge in [-0.25, -0.2) is 9.50 Å². The molecule has 0 N–H and O–H groups in total. The lowest BCUT2D eigenvalue weighted by Crippen LogP contribution is -2.23. The topological polar surface area (TPSA) is 50.5 Å². The Hall–Kier alpha value is -1.75. The van der Waals surface area contributed by atoms with E-state index in [1.165, 1.54) is 6.42 Å². The Labute approximate surface area is 105 Å². The molecule has 0 saturated carbocycles. The zero-order chi connectivity index (χ0) is 12.5. The summed E-state index contributed by atoms with van der Waals surface area (Å²) in [5, 5.41) is 4.50. The molecule has 3 heterocycles. The summed E-state index contributed by atoms with van der Waals surface area (Å²) in [6.07, 6.45) is 3.10. The minimum Gasteiger partial charge on any atom is -0.296 e. The van der Waals surface area contributed by atoms with E-state index in [9.17, 15) is 4.79 Å². The van der Waals surface area contributed by atoms with Gasteiger partial charge in [0.1, 0.15) is 5.69 Å². The van der Waals surface area contributed by atoms with Crippen LogP contribution in [0.4, 0.5) is 0 Å². The second-order valence-corrected chi connectivity index (χ2v) is 4.60. The SMILES string of the molecule is CCN1CCCC1c1nc2cccc(C=O)n2n1. The van der Waals surface area contributed by atoms with Gasteiger partial charge in [-0.3, -0.25) is 9.69 Å². The van der Waals surface area contributed by atoms with E-state index < -0.39 is 0 Å². The lowest BCUT2D eigenvalue weighted by Gasteiger charge is -2.19. The molecule has 94 valence electrons. The van der Waals surface area contributed by atoms with Crippen molar-refractivity contribution in [1.82, 2.24) is 19.5 Å². The Balaban J connectivity index is 2.05. The van der Waals surface area contributed by atoms with Crippen LogP contribution in [-0.4, -0.2) is 38.9 Å². The fourth-order valence-corrected chi connectivity index (χ4v) is 2.67. The van der Waals surface area contributed by atoms with Gasteiger partial charge in [0.05, 0.1) is 6.04 Å². The maximum absolute atomic E-state index is 11.0. The number of pyridine rings is 1. The molecule has 5 heteroatoms. The van der Waals surface area contributed by atoms with Crippen molar-refractivity contribution >= 4 is 11.9 Å². The summed E-state index contributed by atoms with van der Waals surface area (Å²) < 4.78 is 1.63. The number of aromatic nitrogens is 3. The molecule has 2 aromatic heterocycles. The summed E-state index contributed by atoms with van der Waals surface area (Å²) >= 11 is 0. The van der Waals surface area contributed by atoms with Gasteiger partial charge in [0.15, 0.2) is 17.8 Å². The molecule has 3 rings (SSSR count). The fraction of sp³-hybridized carbons (Fsp3) is 0.462. The number of likely N-dealkylation sites (tertiary alicyclic amines) is 1. The van der Waals surface area contributed by atoms with Crippen LogP contribution in [0.2, 0.25) is 0 Å². The van der Waals surface area contributed by atoms with Gasteiger partial charge < -0.3 is 0 Å². The predicted molar refractivity (Wildman–Crippen MR) is 67.6 cm³/mol. The van der Waals surface area contributed by atoms with Crippen LogP contribution in [0, 0.1) is 0 Å². The van der Waals surface area contributed by atoms with Crippen molar-refractivity contribution in [2.45, 2.75) is 25.8 Å². The smallest absolute Gasteiger partial charge is 0.168 e. The molecular formula is C13H16N4O. The Kier molecular flexibility index (Phi) is 2.83. The summed E-state index contributed by atoms with van der Waals surface area (Å²) in [5.41, 5.74) is 1.30. The predicted octanol–water partition coefficient (Wildman–Crippen LogP) is 1.70. The van der Waals surface area contributed by atoms with Gasteiger partial charge in [-0.2, -0.15) is 0 Å². The van der Waals surface area contributed by atoms with Crippen LogP contribution in [0.1, 0.15) is 42.1 Å². The van der Waals surface area contributed by atoms with Gasteiger partial charge in [0, 0.05) is 0 Å². The van der Waals surface area contributed by atoms with Crippen LogP contribution in [0.15, 0.2) is 18.2 Å². The molecule has 2 aromatic rings. The van der Waals surface area contributed by atoms with Crippen LogP contribution in [-0.2, 0) is 0 Å². The first kappa shape index (κ1) is 11.3. The minimum atomic E-state index is 0.300. The molecule has 0 aliphatic carbocycles. The third kappa shape index (κ3) is 1.71. The maximum atomic E-state index is 11.0. The molecule has 0 spiro atoms. The van der Waals surface area contributed by atoms with E-state index in [4.69, 9.17) is 0 Å². The number of carbonyl (C=O) groups is 1. The first-order valence-electron chi connectivity index (χ1n) is 6.38. The first-order chi connectivity index (χ1) is 8.83. The van der Waals surface area contributed by atoms with Gasteiger partial charge in [0.25, 0.3) is 0 Å². The zero-order valence-electron chi connectivity index (χ0n) is 10.4. The van der Waals surface area contributed by atoms with Crippen LogP contribution in [0.3, 0.4) is 0 Å². The minimum absolute atomic E-state index is 0.300. The normalized spacial score (nSPS) is 20.6. The first-order valence-corrected chi connectivity index (χ1v) is 6.38. The standard InChI is InChI=1S/C13H16N4O/c1-2-16-8-4-6-11(16)13-14-12-7-3-5-10(9-18)17(12)15-13/h3,5,7,9,11H,2,4,6,8H2,1H3. The van der Waals surface area contributed by atoms with Crippen LogP contribution >= 0.6 is 0 Å². The molecule has 1 unspecified atom stereocenters. The number of hydrogen-bond acceptors (Lipinski definition) is 4. The van der Waals surface area contributed by atoms with Crippen LogP contribution in [0.25, 0.3) is 5.65 Å². The molecule has 1 atom stereocenters. The monoisotopic (exact) mass is 244 g/mol. The van der Waals surface area contributed by atoms with Gasteiger partial charge in [-0.1, -0.05) is 13.0 Å². The molecular weight excluding hydrogens is 228 g/mol. The molecule has 1 saturated heterocycles. The van der Waals surface area contributed by atoms with E-state index in [0.29, 0.717) is 11.7 Å². The van der Waals surface area contributed by atoms with Crippen molar-refractivity contribution < 1.29 is 4.79 Å². The maximum Gasteiger partial charge on any atom is 0.168 e. The van der Waals surface area contributed by atoms with E-state index in [1.807, 2.05) is 12.1 Å². The number of fused-ring (bicyclic) bond motifs is 1. The molecule has 0 amide bonds. The van der Waals surface area contributed by atoms with E-state index in [0.717, 1.165) is 37.3 Å². The number of aldehydes is 1. The van der Waals surface area contributed by atoms with Gasteiger partial charge in [-0.05, 0) is 38.1 Å². The van der Waals surface area contributed by atoms with E-state index in [-0.39, 0.29) is 0 Å². The van der Waals surface area contributed by atoms with E-state index in [2.05, 4.69) is 21.9 Å². The largest absolute Gasteiger partial charge is 0.296 e. The fourth-order valence-electron chi connectivity index (χ4n) is 2.67. The Morgan fingerprint density at radius 2 is 2.39 bits per heavy atom. The second kappa shape index (κ2) is 4.49. The number of rotatable bonds is 3. The zero-order valence-corrected chi connectivity index (χ0v) is 10.4. The quantitative estimate of drug-likeness (QED) is 0.771. The molecule has 1 aliphatic rings. The van der Waals surface area contributed by atoms with Crippen molar-refractivity contribution in [2.75, 3.05) is 13.1 Å². The third-order valence-electron chi connectivity index (χ3n) is 3.59. The molecule has 0 bridgehead atoms. The average molecular weight is 244 g/mol. The highest BCUT2D eigenvalue weighted by atomic mass is 16.1. The summed E-state index contributed by atoms with van der Waals surface area (Å²) in [6, 6.07) is 5.78. The Morgan fingerprint density at radius 3 is 3.17 bits per heavy atom. The molecule has 0 radical (unpaired) electrons. The van der Waals surface area contributed by atoms with Gasteiger partial charge in [0.2, 0.25) is 0 Å². The Bertz CT molecular complexity index is 577. The molecule has 0 aromatic carbocycles. The summed E-state index contributed by atoms with van der Waals surface area (Å²) in [7, 11) is 0. The summed E-state index contributed by atoms with van der Waals surface area (Å²) in [4.78, 5) is 17.9. The van der Waals surface area contributed by atoms with Crippen molar-refractivity contribution in [1.29, 1.82) is 0 Å². The van der Waals surface area contributed by atoms with Crippen molar-refractivity contribution in [3.63, 3.8) is 0 Å². The lowest BCUT2D eigenvalue weighted by molar-refractivity contribution is 0.111. The van der Waals surface area contributed by atoms with E-state index in [1.54, 1.807) is 10.6 Å². The second-order valence-electron chi connectivity index (χ2n) is 4.60. The third-order valence-corrected chi connectivity index (χ3v) is 3.59. The van der Waals surface area contributed by atoms with Crippen molar-refractivity contribution in [3.05, 3.63) is 29.7 Å². The number of nitrogens with zero attached hydrogens (tertiary/aromatic N) is 4. The highest BCUT2D eigenvalue weighted by molar-refractivity contribution is 5.73. The number of hydrogen-bond donors (Lipinski definition) is 0. The van der Waals surface area contributed by atoms with Gasteiger partial charge in [-0.15, -0.1) is 5.10 Å². The molecule has 1 fully saturated rings. The van der Waals surface area contributed by atoms with Crippen LogP contribution in [0.5, 0.6) is 0 Å². The highest BCUT2D eigenvalue weighted by Crippen LogP contribution is 2.29. The summed E-state index contributed by atoms with van der Waals surface area (Å²) in [6.45, 7) is 4.28. The van der Waals surface area contributed by atoms with E-state index >= 15 is 0 Å². The molecule has 5 nitrogen and oxygen atoms in total. The number of carbonyl (C=O) groups excluding carboxylic acids is 1. The van der Waals surface area contributed by atoms with Crippen LogP contribution < -0.4 is 0 Å². The summed E-state index contributed by atoms with van der Waals surface area (Å²) in [5.74, 6) is 0.837. The lowest BCUT2D eigenvalue weighted by atomic mass is 10.2. The molecule has 1 aliphatic heterocycles. The molecule has 18 heavy (non-hydrogen) atoms. The average Bonchev–Trinajstić information content (AvgIpc) is 3.03.